The van der Waals surface area contributed by atoms with Crippen molar-refractivity contribution in [3.63, 3.8) is 0 Å². The van der Waals surface area contributed by atoms with Crippen molar-refractivity contribution in [1.29, 1.82) is 0 Å². The van der Waals surface area contributed by atoms with Crippen LogP contribution in [0.1, 0.15) is 167 Å². The summed E-state index contributed by atoms with van der Waals surface area (Å²) in [7, 11) is 1.61. The van der Waals surface area contributed by atoms with Gasteiger partial charge in [-0.2, -0.15) is 0 Å². The number of unbranched alkanes of at least 4 members (excludes halogenated alkanes) is 2. The highest BCUT2D eigenvalue weighted by atomic mass is 35.5. The normalized spacial score (nSPS) is 39.1. The lowest BCUT2D eigenvalue weighted by Crippen LogP contribution is -2.71. The minimum Gasteiger partial charge on any atom is -0.399 e. The van der Waals surface area contributed by atoms with E-state index in [1.54, 1.807) is 7.11 Å². The number of fused-ring (bicyclic) bond motifs is 7. The predicted molar refractivity (Wildman–Crippen MR) is 304 cm³/mol. The molecule has 8 heterocycles. The minimum atomic E-state index is -0.820. The number of aliphatic hydroxyl groups excluding tert-OH is 1. The topological polar surface area (TPSA) is 119 Å². The van der Waals surface area contributed by atoms with Gasteiger partial charge in [0, 0.05) is 52.7 Å². The Morgan fingerprint density at radius 1 is 0.692 bits per heavy atom. The van der Waals surface area contributed by atoms with E-state index in [0.29, 0.717) is 51.7 Å². The van der Waals surface area contributed by atoms with Gasteiger partial charge in [0.2, 0.25) is 11.6 Å². The van der Waals surface area contributed by atoms with Crippen LogP contribution in [0.25, 0.3) is 22.8 Å². The van der Waals surface area contributed by atoms with Gasteiger partial charge in [-0.1, -0.05) is 113 Å². The van der Waals surface area contributed by atoms with Crippen LogP contribution in [-0.4, -0.2) is 90.0 Å². The average molecular weight is 1130 g/mol. The molecule has 3 aromatic carbocycles. The third-order valence-corrected chi connectivity index (χ3v) is 20.7. The molecule has 3 unspecified atom stereocenters. The molecule has 3 aliphatic carbocycles. The van der Waals surface area contributed by atoms with Crippen molar-refractivity contribution in [2.45, 2.75) is 193 Å². The molecule has 8 aliphatic heterocycles. The zero-order valence-corrected chi connectivity index (χ0v) is 49.5. The van der Waals surface area contributed by atoms with Crippen molar-refractivity contribution in [1.82, 2.24) is 4.90 Å². The molecule has 0 radical (unpaired) electrons. The fourth-order valence-electron chi connectivity index (χ4n) is 15.8. The molecule has 2 spiro atoms. The summed E-state index contributed by atoms with van der Waals surface area (Å²) < 4.78 is 27.2. The molecule has 15 heteroatoms. The molecule has 4 bridgehead atoms. The fraction of sp³-hybridized carbons (Fsp3) is 0.667. The number of oxime groups is 1. The number of ether oxygens (including phenoxy) is 4. The molecule has 8 saturated heterocycles. The Morgan fingerprint density at radius 2 is 1.27 bits per heavy atom. The summed E-state index contributed by atoms with van der Waals surface area (Å²) in [6, 6.07) is 17.6. The maximum Gasteiger partial charge on any atom is 0.201 e. The van der Waals surface area contributed by atoms with Gasteiger partial charge in [0.1, 0.15) is 13.2 Å². The summed E-state index contributed by atoms with van der Waals surface area (Å²) in [5, 5.41) is 18.1. The minimum absolute atomic E-state index is 0.126. The second kappa shape index (κ2) is 22.8. The molecule has 1 N–H and O–H groups in total. The molecule has 426 valence electrons. The third-order valence-electron chi connectivity index (χ3n) is 20.0. The Bertz CT molecular complexity index is 2700. The highest BCUT2D eigenvalue weighted by Crippen LogP contribution is 2.63. The van der Waals surface area contributed by atoms with Gasteiger partial charge in [-0.3, -0.25) is 0 Å². The number of nitrogens with zero attached hydrogens (tertiary/aromatic N) is 2. The molecule has 14 rings (SSSR count). The zero-order chi connectivity index (χ0) is 54.9. The Morgan fingerprint density at radius 3 is 1.87 bits per heavy atom. The molecule has 78 heavy (non-hydrogen) atoms. The number of halogens is 3. The lowest BCUT2D eigenvalue weighted by atomic mass is 9.56. The summed E-state index contributed by atoms with van der Waals surface area (Å²) >= 11 is 19.2. The quantitative estimate of drug-likeness (QED) is 0.0738. The molecular formula is C63H83Cl3N2O10. The van der Waals surface area contributed by atoms with Crippen molar-refractivity contribution in [2.24, 2.45) is 52.5 Å². The highest BCUT2D eigenvalue weighted by molar-refractivity contribution is 6.32. The van der Waals surface area contributed by atoms with E-state index >= 15 is 0 Å². The third kappa shape index (κ3) is 10.3. The van der Waals surface area contributed by atoms with Gasteiger partial charge in [0.25, 0.3) is 0 Å². The van der Waals surface area contributed by atoms with E-state index in [4.69, 9.17) is 78.1 Å². The van der Waals surface area contributed by atoms with Gasteiger partial charge >= 0.3 is 0 Å². The first kappa shape index (κ1) is 57.2. The Balaban J connectivity index is 0.000000170. The van der Waals surface area contributed by atoms with Gasteiger partial charge in [-0.25, -0.2) is 19.6 Å². The van der Waals surface area contributed by atoms with Crippen molar-refractivity contribution in [3.8, 4) is 11.1 Å². The Labute approximate surface area is 477 Å². The second-order valence-corrected chi connectivity index (χ2v) is 26.3. The predicted octanol–water partition coefficient (Wildman–Crippen LogP) is 15.0. The van der Waals surface area contributed by atoms with E-state index in [-0.39, 0.29) is 35.9 Å². The number of benzene rings is 3. The molecule has 10 fully saturated rings. The van der Waals surface area contributed by atoms with Crippen molar-refractivity contribution in [3.05, 3.63) is 91.9 Å². The first-order valence-corrected chi connectivity index (χ1v) is 30.6. The molecule has 12 nitrogen and oxygen atoms in total. The van der Waals surface area contributed by atoms with Crippen LogP contribution in [0.2, 0.25) is 15.1 Å². The SMILES string of the molecule is CCCCN(CCCC)CC(O)c1cc(Cl)cc2c1-c1ccc(Cl)cc1/C2=C/c1ccc(Cl)cc1.CO/N=C(/C[C@H]1O[C@@H]2OC3(C)CC[C@H]4[C@H](C)CC[C@@H]([C@H]1C)[C@@]24OO3)[C@H]1O[C@@H]2OC3(C)CC[C@H]4[C@H](C)CC[C@@H]([C@H]1C)[C@@]24OO3. The summed E-state index contributed by atoms with van der Waals surface area (Å²) in [5.41, 5.74) is 6.79. The molecule has 0 aromatic heterocycles. The zero-order valence-electron chi connectivity index (χ0n) is 47.2. The number of hydrogen-bond acceptors (Lipinski definition) is 12. The van der Waals surface area contributed by atoms with E-state index < -0.39 is 41.5 Å². The van der Waals surface area contributed by atoms with Gasteiger partial charge in [0.15, 0.2) is 23.8 Å². The van der Waals surface area contributed by atoms with Gasteiger partial charge < -0.3 is 33.8 Å². The van der Waals surface area contributed by atoms with E-state index in [0.717, 1.165) is 128 Å². The van der Waals surface area contributed by atoms with Crippen LogP contribution >= 0.6 is 34.8 Å². The van der Waals surface area contributed by atoms with Gasteiger partial charge in [-0.15, -0.1) is 0 Å². The molecule has 0 amide bonds. The van der Waals surface area contributed by atoms with Crippen molar-refractivity contribution < 1.29 is 48.4 Å². The van der Waals surface area contributed by atoms with Crippen molar-refractivity contribution in [2.75, 3.05) is 26.7 Å². The second-order valence-electron chi connectivity index (χ2n) is 25.0. The van der Waals surface area contributed by atoms with E-state index in [1.165, 1.54) is 6.42 Å². The van der Waals surface area contributed by atoms with Gasteiger partial charge in [0.05, 0.1) is 17.9 Å². The first-order valence-electron chi connectivity index (χ1n) is 29.5. The Kier molecular flexibility index (Phi) is 16.7. The summed E-state index contributed by atoms with van der Waals surface area (Å²) in [6.45, 7) is 20.2. The summed E-state index contributed by atoms with van der Waals surface area (Å²) in [4.78, 5) is 32.7. The fourth-order valence-corrected chi connectivity index (χ4v) is 16.3. The maximum atomic E-state index is 11.5. The molecular weight excluding hydrogens is 1050 g/mol. The maximum absolute atomic E-state index is 11.5. The molecule has 3 aromatic rings. The molecule has 2 saturated carbocycles. The van der Waals surface area contributed by atoms with Gasteiger partial charge in [-0.05, 0) is 195 Å². The van der Waals surface area contributed by atoms with Crippen LogP contribution in [0.4, 0.5) is 0 Å². The van der Waals surface area contributed by atoms with Crippen LogP contribution in [0.3, 0.4) is 0 Å². The van der Waals surface area contributed by atoms with Crippen molar-refractivity contribution >= 4 is 52.2 Å². The number of hydrogen-bond donors (Lipinski definition) is 1. The standard InChI is InChI=1S/C33H51NO9.C30H32Cl3NO/c1-17-8-10-23-19(3)26(36-28-32(23)21(17)12-14-30(5,38-28)40-42-32)16-25(34-35-7)27-20(4)24-11-9-18(2)22-13-15-31(6)39-29(37-27)33(22,24)43-41-31;1-3-5-13-34(14-6-4-2)19-29(35)28-18-23(33)17-27-25(15-20-7-9-21(31)10-8-20)26-16-22(32)11-12-24(26)30(27)28/h17-24,26-29H,8-16H2,1-7H3;7-12,15-18,29,35H,3-6,13-14,19H2,1-2H3/b34-25-;25-15-/t17-,18-,19-,20-,21+,22+,23+,24+,26-,27+,28-,29-,30?,31?,32-,33-;/m1./s1. The van der Waals surface area contributed by atoms with Crippen LogP contribution in [0, 0.1) is 47.3 Å². The number of aliphatic hydroxyl groups is 1. The van der Waals surface area contributed by atoms with E-state index in [1.807, 2.05) is 62.4 Å². The lowest BCUT2D eigenvalue weighted by molar-refractivity contribution is -0.571. The molecule has 17 atom stereocenters. The number of rotatable bonds is 14. The first-order chi connectivity index (χ1) is 37.4. The highest BCUT2D eigenvalue weighted by Gasteiger charge is 2.71. The van der Waals surface area contributed by atoms with E-state index in [9.17, 15) is 5.11 Å². The van der Waals surface area contributed by atoms with E-state index in [2.05, 4.69) is 63.7 Å². The average Bonchev–Trinajstić information content (AvgIpc) is 3.83. The summed E-state index contributed by atoms with van der Waals surface area (Å²) in [5.74, 6) is 0.863. The summed E-state index contributed by atoms with van der Waals surface area (Å²) in [6.07, 6.45) is 13.2. The largest absolute Gasteiger partial charge is 0.399 e. The Hall–Kier alpha value is -2.66. The lowest BCUT2D eigenvalue weighted by Gasteiger charge is -2.61. The van der Waals surface area contributed by atoms with Crippen LogP contribution < -0.4 is 0 Å². The smallest absolute Gasteiger partial charge is 0.201 e. The molecule has 11 aliphatic rings. The van der Waals surface area contributed by atoms with Crippen LogP contribution in [0.5, 0.6) is 0 Å². The van der Waals surface area contributed by atoms with Crippen LogP contribution in [0.15, 0.2) is 59.8 Å². The monoisotopic (exact) mass is 1130 g/mol. The van der Waals surface area contributed by atoms with Crippen LogP contribution in [-0.2, 0) is 43.3 Å².